The maximum Gasteiger partial charge on any atom is 0.337 e. The van der Waals surface area contributed by atoms with Crippen LogP contribution in [-0.2, 0) is 0 Å². The molecule has 0 saturated carbocycles. The first kappa shape index (κ1) is 17.1. The molecule has 0 atom stereocenters. The average molecular weight is 332 g/mol. The minimum atomic E-state index is -1.10. The first-order valence-electron chi connectivity index (χ1n) is 6.99. The zero-order valence-corrected chi connectivity index (χ0v) is 13.3. The Morgan fingerprint density at radius 1 is 1.25 bits per heavy atom. The second-order valence-electron chi connectivity index (χ2n) is 4.94. The first-order chi connectivity index (χ1) is 11.4. The number of anilines is 1. The highest BCUT2D eigenvalue weighted by molar-refractivity contribution is 6.02. The van der Waals surface area contributed by atoms with Gasteiger partial charge in [-0.05, 0) is 26.0 Å². The summed E-state index contributed by atoms with van der Waals surface area (Å²) in [6, 6.07) is 4.09. The number of carboxylic acid groups (broad SMARTS) is 1. The van der Waals surface area contributed by atoms with Gasteiger partial charge in [-0.25, -0.2) is 9.78 Å². The van der Waals surface area contributed by atoms with Crippen molar-refractivity contribution in [3.8, 4) is 11.9 Å². The number of carboxylic acids is 1. The highest BCUT2D eigenvalue weighted by Crippen LogP contribution is 2.16. The quantitative estimate of drug-likeness (QED) is 0.818. The summed E-state index contributed by atoms with van der Waals surface area (Å²) in [6.45, 7) is 3.60. The maximum atomic E-state index is 12.3. The number of aromatic carboxylic acids is 1. The Balaban J connectivity index is 2.20. The van der Waals surface area contributed by atoms with E-state index in [4.69, 9.17) is 14.6 Å². The zero-order valence-electron chi connectivity index (χ0n) is 13.3. The van der Waals surface area contributed by atoms with E-state index in [9.17, 15) is 9.59 Å². The summed E-state index contributed by atoms with van der Waals surface area (Å²) in [5.41, 5.74) is 0.0472. The lowest BCUT2D eigenvalue weighted by molar-refractivity contribution is 0.0696. The fraction of sp³-hybridized carbons (Fsp3) is 0.267. The van der Waals surface area contributed by atoms with Crippen molar-refractivity contribution in [1.29, 1.82) is 0 Å². The van der Waals surface area contributed by atoms with Crippen LogP contribution in [-0.4, -0.2) is 45.1 Å². The Bertz CT molecular complexity index is 746. The Morgan fingerprint density at radius 3 is 2.54 bits per heavy atom. The van der Waals surface area contributed by atoms with Gasteiger partial charge < -0.3 is 19.9 Å². The lowest BCUT2D eigenvalue weighted by Gasteiger charge is -2.10. The molecule has 0 aliphatic carbocycles. The molecule has 9 nitrogen and oxygen atoms in total. The third kappa shape index (κ3) is 4.38. The molecule has 0 aliphatic heterocycles. The van der Waals surface area contributed by atoms with Gasteiger partial charge in [-0.15, -0.1) is 0 Å². The molecule has 1 amide bonds. The predicted molar refractivity (Wildman–Crippen MR) is 83.5 cm³/mol. The molecule has 9 heteroatoms. The van der Waals surface area contributed by atoms with Crippen LogP contribution >= 0.6 is 0 Å². The van der Waals surface area contributed by atoms with Crippen LogP contribution < -0.4 is 14.8 Å². The monoisotopic (exact) mass is 332 g/mol. The number of carbonyl (C=O) groups excluding carboxylic acids is 1. The topological polar surface area (TPSA) is 124 Å². The van der Waals surface area contributed by atoms with E-state index in [0.29, 0.717) is 0 Å². The molecular formula is C15H16N4O5. The lowest BCUT2D eigenvalue weighted by atomic mass is 10.3. The summed E-state index contributed by atoms with van der Waals surface area (Å²) >= 11 is 0. The summed E-state index contributed by atoms with van der Waals surface area (Å²) < 4.78 is 10.4. The molecule has 2 heterocycles. The summed E-state index contributed by atoms with van der Waals surface area (Å²) in [5, 5.41) is 11.3. The Morgan fingerprint density at radius 2 is 2.00 bits per heavy atom. The number of ether oxygens (including phenoxy) is 2. The number of hydrogen-bond acceptors (Lipinski definition) is 7. The second kappa shape index (κ2) is 7.36. The van der Waals surface area contributed by atoms with E-state index in [1.807, 2.05) is 0 Å². The number of hydrogen-bond donors (Lipinski definition) is 2. The number of amides is 1. The average Bonchev–Trinajstić information content (AvgIpc) is 2.54. The normalized spacial score (nSPS) is 10.3. The van der Waals surface area contributed by atoms with Crippen LogP contribution in [0, 0.1) is 0 Å². The maximum absolute atomic E-state index is 12.3. The van der Waals surface area contributed by atoms with Crippen LogP contribution in [0.4, 0.5) is 5.82 Å². The molecule has 0 radical (unpaired) electrons. The lowest BCUT2D eigenvalue weighted by Crippen LogP contribution is -2.17. The van der Waals surface area contributed by atoms with E-state index in [1.54, 1.807) is 13.8 Å². The van der Waals surface area contributed by atoms with Crippen molar-refractivity contribution < 1.29 is 24.2 Å². The van der Waals surface area contributed by atoms with E-state index in [1.165, 1.54) is 25.3 Å². The van der Waals surface area contributed by atoms with E-state index >= 15 is 0 Å². The van der Waals surface area contributed by atoms with Gasteiger partial charge in [0.25, 0.3) is 5.91 Å². The Labute approximate surface area is 137 Å². The van der Waals surface area contributed by atoms with Gasteiger partial charge >= 0.3 is 12.0 Å². The van der Waals surface area contributed by atoms with E-state index in [0.717, 1.165) is 6.20 Å². The molecule has 0 fully saturated rings. The van der Waals surface area contributed by atoms with Gasteiger partial charge in [0.05, 0.1) is 18.8 Å². The summed E-state index contributed by atoms with van der Waals surface area (Å²) in [4.78, 5) is 34.9. The number of aromatic nitrogens is 3. The van der Waals surface area contributed by atoms with Crippen LogP contribution in [0.3, 0.4) is 0 Å². The number of nitrogens with one attached hydrogen (secondary N) is 1. The minimum Gasteiger partial charge on any atom is -0.481 e. The molecule has 2 N–H and O–H groups in total. The van der Waals surface area contributed by atoms with Gasteiger partial charge in [0.15, 0.2) is 0 Å². The predicted octanol–water partition coefficient (Wildman–Crippen LogP) is 1.62. The molecule has 126 valence electrons. The van der Waals surface area contributed by atoms with Gasteiger partial charge in [-0.2, -0.15) is 9.97 Å². The molecule has 0 unspecified atom stereocenters. The van der Waals surface area contributed by atoms with Crippen LogP contribution in [0.15, 0.2) is 24.4 Å². The van der Waals surface area contributed by atoms with E-state index in [2.05, 4.69) is 20.3 Å². The fourth-order valence-electron chi connectivity index (χ4n) is 1.66. The molecule has 2 aromatic rings. The Kier molecular flexibility index (Phi) is 5.25. The number of nitrogens with zero attached hydrogens (tertiary/aromatic N) is 3. The number of carbonyl (C=O) groups is 2. The Hall–Kier alpha value is -3.23. The van der Waals surface area contributed by atoms with Crippen LogP contribution in [0.5, 0.6) is 11.9 Å². The van der Waals surface area contributed by atoms with Crippen molar-refractivity contribution in [2.45, 2.75) is 20.0 Å². The minimum absolute atomic E-state index is 0.0173. The third-order valence-electron chi connectivity index (χ3n) is 2.72. The number of rotatable bonds is 6. The van der Waals surface area contributed by atoms with Crippen LogP contribution in [0.1, 0.15) is 34.7 Å². The van der Waals surface area contributed by atoms with Crippen LogP contribution in [0.25, 0.3) is 0 Å². The van der Waals surface area contributed by atoms with Crippen LogP contribution in [0.2, 0.25) is 0 Å². The van der Waals surface area contributed by atoms with Gasteiger partial charge in [0.1, 0.15) is 11.5 Å². The number of pyridine rings is 1. The van der Waals surface area contributed by atoms with Crippen molar-refractivity contribution >= 4 is 17.7 Å². The summed E-state index contributed by atoms with van der Waals surface area (Å²) in [7, 11) is 1.41. The first-order valence-corrected chi connectivity index (χ1v) is 6.99. The summed E-state index contributed by atoms with van der Waals surface area (Å²) in [6.07, 6.45) is 0.976. The third-order valence-corrected chi connectivity index (χ3v) is 2.72. The second-order valence-corrected chi connectivity index (χ2v) is 4.94. The van der Waals surface area contributed by atoms with Gasteiger partial charge in [-0.1, -0.05) is 0 Å². The molecule has 0 bridgehead atoms. The van der Waals surface area contributed by atoms with Crippen molar-refractivity contribution in [2.24, 2.45) is 0 Å². The highest BCUT2D eigenvalue weighted by Gasteiger charge is 2.15. The zero-order chi connectivity index (χ0) is 17.7. The summed E-state index contributed by atoms with van der Waals surface area (Å²) in [5.74, 6) is -1.29. The van der Waals surface area contributed by atoms with Gasteiger partial charge in [0.2, 0.25) is 5.88 Å². The van der Waals surface area contributed by atoms with E-state index in [-0.39, 0.29) is 35.1 Å². The molecule has 0 saturated heterocycles. The standard InChI is InChI=1S/C15H16N4O5/c1-8(2)24-15-17-10(6-12(19-15)23-3)13(20)18-11-5-4-9(7-16-11)14(21)22/h4-8H,1-3H3,(H,21,22)(H,16,18,20). The molecule has 2 rings (SSSR count). The van der Waals surface area contributed by atoms with Crippen molar-refractivity contribution in [3.05, 3.63) is 35.7 Å². The fourth-order valence-corrected chi connectivity index (χ4v) is 1.66. The van der Waals surface area contributed by atoms with Crippen molar-refractivity contribution in [3.63, 3.8) is 0 Å². The molecule has 24 heavy (non-hydrogen) atoms. The van der Waals surface area contributed by atoms with Gasteiger partial charge in [-0.3, -0.25) is 4.79 Å². The molecular weight excluding hydrogens is 316 g/mol. The van der Waals surface area contributed by atoms with E-state index < -0.39 is 11.9 Å². The smallest absolute Gasteiger partial charge is 0.337 e. The SMILES string of the molecule is COc1cc(C(=O)Nc2ccc(C(=O)O)cn2)nc(OC(C)C)n1. The van der Waals surface area contributed by atoms with Crippen molar-refractivity contribution in [2.75, 3.05) is 12.4 Å². The molecule has 0 spiro atoms. The molecule has 2 aromatic heterocycles. The highest BCUT2D eigenvalue weighted by atomic mass is 16.5. The van der Waals surface area contributed by atoms with Gasteiger partial charge in [0, 0.05) is 12.3 Å². The number of methoxy groups -OCH3 is 1. The largest absolute Gasteiger partial charge is 0.481 e. The van der Waals surface area contributed by atoms with Crippen molar-refractivity contribution in [1.82, 2.24) is 15.0 Å². The molecule has 0 aliphatic rings. The molecule has 0 aromatic carbocycles.